The molecule has 1 rings (SSSR count). The van der Waals surface area contributed by atoms with Gasteiger partial charge in [0.1, 0.15) is 0 Å². The molecule has 0 aliphatic carbocycles. The molecule has 58 valence electrons. The third kappa shape index (κ3) is 2.12. The SMILES string of the molecule is Cc1ccc(N(C)[C]Cl)cc1. The molecular formula is C9H10ClN. The Morgan fingerprint density at radius 1 is 1.27 bits per heavy atom. The first-order valence-electron chi connectivity index (χ1n) is 3.40. The van der Waals surface area contributed by atoms with Gasteiger partial charge in [-0.3, -0.25) is 0 Å². The van der Waals surface area contributed by atoms with Crippen molar-refractivity contribution in [1.82, 2.24) is 0 Å². The summed E-state index contributed by atoms with van der Waals surface area (Å²) in [7, 11) is 1.86. The third-order valence-electron chi connectivity index (χ3n) is 1.55. The summed E-state index contributed by atoms with van der Waals surface area (Å²) >= 11 is 5.40. The minimum absolute atomic E-state index is 1.05. The zero-order valence-corrected chi connectivity index (χ0v) is 7.39. The van der Waals surface area contributed by atoms with Crippen LogP contribution in [0.4, 0.5) is 5.69 Å². The number of nitrogens with zero attached hydrogens (tertiary/aromatic N) is 1. The van der Waals surface area contributed by atoms with Crippen LogP contribution in [0.1, 0.15) is 5.56 Å². The van der Waals surface area contributed by atoms with Gasteiger partial charge in [0, 0.05) is 12.7 Å². The Bertz CT molecular complexity index is 218. The molecule has 0 fully saturated rings. The van der Waals surface area contributed by atoms with Gasteiger partial charge in [-0.05, 0) is 19.1 Å². The topological polar surface area (TPSA) is 3.24 Å². The maximum atomic E-state index is 5.40. The van der Waals surface area contributed by atoms with Crippen molar-refractivity contribution in [2.24, 2.45) is 0 Å². The molecule has 0 aliphatic heterocycles. The van der Waals surface area contributed by atoms with E-state index in [1.54, 1.807) is 4.90 Å². The summed E-state index contributed by atoms with van der Waals surface area (Å²) in [5.41, 5.74) is 2.29. The van der Waals surface area contributed by atoms with E-state index in [2.05, 4.69) is 12.9 Å². The smallest absolute Gasteiger partial charge is 0.197 e. The lowest BCUT2D eigenvalue weighted by molar-refractivity contribution is 1.17. The first-order valence-corrected chi connectivity index (χ1v) is 3.78. The molecule has 0 unspecified atom stereocenters. The highest BCUT2D eigenvalue weighted by Gasteiger charge is 1.97. The highest BCUT2D eigenvalue weighted by molar-refractivity contribution is 6.24. The molecule has 2 heteroatoms. The monoisotopic (exact) mass is 167 g/mol. The molecule has 0 atom stereocenters. The fourth-order valence-electron chi connectivity index (χ4n) is 0.817. The Balaban J connectivity index is 2.81. The number of benzene rings is 1. The van der Waals surface area contributed by atoms with E-state index in [1.807, 2.05) is 31.3 Å². The molecule has 1 aromatic rings. The fraction of sp³-hybridized carbons (Fsp3) is 0.222. The van der Waals surface area contributed by atoms with Crippen LogP contribution in [-0.4, -0.2) is 7.05 Å². The first kappa shape index (κ1) is 8.41. The normalized spacial score (nSPS) is 9.73. The van der Waals surface area contributed by atoms with Crippen LogP contribution in [0.25, 0.3) is 0 Å². The molecule has 2 radical (unpaired) electrons. The minimum Gasteiger partial charge on any atom is -0.350 e. The largest absolute Gasteiger partial charge is 0.350 e. The Morgan fingerprint density at radius 3 is 2.27 bits per heavy atom. The first-order chi connectivity index (χ1) is 5.24. The molecule has 0 bridgehead atoms. The Morgan fingerprint density at radius 2 is 1.82 bits per heavy atom. The van der Waals surface area contributed by atoms with Crippen molar-refractivity contribution in [1.29, 1.82) is 0 Å². The van der Waals surface area contributed by atoms with Crippen molar-refractivity contribution >= 4 is 17.3 Å². The number of hydrogen-bond donors (Lipinski definition) is 0. The molecule has 0 aliphatic rings. The van der Waals surface area contributed by atoms with Gasteiger partial charge in [0.15, 0.2) is 6.00 Å². The molecule has 0 amide bonds. The predicted octanol–water partition coefficient (Wildman–Crippen LogP) is 2.67. The van der Waals surface area contributed by atoms with Crippen LogP contribution in [0.3, 0.4) is 0 Å². The molecule has 11 heavy (non-hydrogen) atoms. The zero-order valence-electron chi connectivity index (χ0n) is 6.63. The Kier molecular flexibility index (Phi) is 2.77. The van der Waals surface area contributed by atoms with Crippen LogP contribution >= 0.6 is 11.6 Å². The van der Waals surface area contributed by atoms with Gasteiger partial charge in [0.2, 0.25) is 0 Å². The van der Waals surface area contributed by atoms with Crippen molar-refractivity contribution in [3.8, 4) is 0 Å². The summed E-state index contributed by atoms with van der Waals surface area (Å²) in [5, 5.41) is 0. The van der Waals surface area contributed by atoms with E-state index in [0.29, 0.717) is 0 Å². The highest BCUT2D eigenvalue weighted by Crippen LogP contribution is 2.14. The van der Waals surface area contributed by atoms with Gasteiger partial charge in [-0.25, -0.2) is 0 Å². The van der Waals surface area contributed by atoms with Crippen LogP contribution in [0.5, 0.6) is 0 Å². The van der Waals surface area contributed by atoms with Gasteiger partial charge in [-0.15, -0.1) is 0 Å². The average molecular weight is 168 g/mol. The average Bonchev–Trinajstić information content (AvgIpc) is 2.05. The van der Waals surface area contributed by atoms with Crippen molar-refractivity contribution in [2.75, 3.05) is 11.9 Å². The van der Waals surface area contributed by atoms with E-state index in [-0.39, 0.29) is 0 Å². The second kappa shape index (κ2) is 3.63. The van der Waals surface area contributed by atoms with Gasteiger partial charge < -0.3 is 4.90 Å². The molecule has 0 heterocycles. The van der Waals surface area contributed by atoms with E-state index in [0.717, 1.165) is 5.69 Å². The van der Waals surface area contributed by atoms with Crippen LogP contribution in [0, 0.1) is 12.9 Å². The maximum absolute atomic E-state index is 5.40. The number of halogens is 1. The van der Waals surface area contributed by atoms with Crippen LogP contribution < -0.4 is 4.90 Å². The summed E-state index contributed by atoms with van der Waals surface area (Å²) in [6.45, 7) is 2.05. The van der Waals surface area contributed by atoms with E-state index in [1.165, 1.54) is 5.56 Å². The van der Waals surface area contributed by atoms with E-state index >= 15 is 0 Å². The lowest BCUT2D eigenvalue weighted by Crippen LogP contribution is -2.08. The van der Waals surface area contributed by atoms with Gasteiger partial charge in [-0.1, -0.05) is 29.3 Å². The summed E-state index contributed by atoms with van der Waals surface area (Å²) < 4.78 is 0. The van der Waals surface area contributed by atoms with Crippen molar-refractivity contribution < 1.29 is 0 Å². The van der Waals surface area contributed by atoms with Gasteiger partial charge in [-0.2, -0.15) is 0 Å². The molecular weight excluding hydrogens is 158 g/mol. The quantitative estimate of drug-likeness (QED) is 0.484. The predicted molar refractivity (Wildman–Crippen MR) is 48.7 cm³/mol. The number of aryl methyl sites for hydroxylation is 1. The van der Waals surface area contributed by atoms with Crippen molar-refractivity contribution in [3.63, 3.8) is 0 Å². The van der Waals surface area contributed by atoms with Gasteiger partial charge in [0.25, 0.3) is 0 Å². The molecule has 0 saturated carbocycles. The van der Waals surface area contributed by atoms with Gasteiger partial charge in [0.05, 0.1) is 0 Å². The summed E-state index contributed by atoms with van der Waals surface area (Å²) in [6.07, 6.45) is 0. The fourth-order valence-corrected chi connectivity index (χ4v) is 0.915. The number of hydrogen-bond acceptors (Lipinski definition) is 1. The molecule has 1 nitrogen and oxygen atoms in total. The van der Waals surface area contributed by atoms with Gasteiger partial charge >= 0.3 is 0 Å². The highest BCUT2D eigenvalue weighted by atomic mass is 35.5. The van der Waals surface area contributed by atoms with E-state index in [4.69, 9.17) is 11.6 Å². The maximum Gasteiger partial charge on any atom is 0.197 e. The second-order valence-corrected chi connectivity index (χ2v) is 2.65. The molecule has 1 aromatic carbocycles. The van der Waals surface area contributed by atoms with Crippen LogP contribution in [0.15, 0.2) is 24.3 Å². The number of anilines is 1. The van der Waals surface area contributed by atoms with Crippen LogP contribution in [0.2, 0.25) is 0 Å². The summed E-state index contributed by atoms with van der Waals surface area (Å²) in [5.74, 6) is 0. The third-order valence-corrected chi connectivity index (χ3v) is 1.80. The summed E-state index contributed by atoms with van der Waals surface area (Å²) in [6, 6.07) is 10.6. The molecule has 0 spiro atoms. The number of rotatable bonds is 2. The Labute approximate surface area is 72.6 Å². The summed E-state index contributed by atoms with van der Waals surface area (Å²) in [4.78, 5) is 1.74. The van der Waals surface area contributed by atoms with Crippen LogP contribution in [-0.2, 0) is 0 Å². The lowest BCUT2D eigenvalue weighted by atomic mass is 10.2. The lowest BCUT2D eigenvalue weighted by Gasteiger charge is -2.13. The Hall–Kier alpha value is -0.690. The molecule has 0 saturated heterocycles. The minimum atomic E-state index is 1.05. The molecule has 0 aromatic heterocycles. The van der Waals surface area contributed by atoms with E-state index in [9.17, 15) is 0 Å². The second-order valence-electron chi connectivity index (χ2n) is 2.48. The standard InChI is InChI=1S/C9H10ClN/c1-8-3-5-9(6-4-8)11(2)7-10/h3-6H,1-2H3. The molecule has 0 N–H and O–H groups in total. The van der Waals surface area contributed by atoms with Crippen molar-refractivity contribution in [2.45, 2.75) is 6.92 Å². The van der Waals surface area contributed by atoms with Crippen molar-refractivity contribution in [3.05, 3.63) is 35.8 Å². The zero-order chi connectivity index (χ0) is 8.27. The van der Waals surface area contributed by atoms with E-state index < -0.39 is 0 Å².